The molecular formula is C20H26N3O4+. The summed E-state index contributed by atoms with van der Waals surface area (Å²) in [6, 6.07) is 7.19. The summed E-state index contributed by atoms with van der Waals surface area (Å²) in [5, 5.41) is 9.41. The van der Waals surface area contributed by atoms with Crippen LogP contribution in [0.2, 0.25) is 0 Å². The molecule has 0 aliphatic carbocycles. The van der Waals surface area contributed by atoms with Gasteiger partial charge in [0.05, 0.1) is 44.5 Å². The van der Waals surface area contributed by atoms with Crippen LogP contribution in [-0.2, 0) is 4.74 Å². The van der Waals surface area contributed by atoms with Crippen molar-refractivity contribution in [3.8, 4) is 5.75 Å². The molecule has 7 nitrogen and oxygen atoms in total. The van der Waals surface area contributed by atoms with Crippen molar-refractivity contribution in [1.82, 2.24) is 4.98 Å². The number of aromatic hydroxyl groups is 1. The molecule has 3 N–H and O–H groups in total. The Kier molecular flexibility index (Phi) is 5.51. The van der Waals surface area contributed by atoms with Crippen molar-refractivity contribution in [2.45, 2.75) is 13.8 Å². The molecule has 0 saturated carbocycles. The molecule has 1 aromatic heterocycles. The predicted octanol–water partition coefficient (Wildman–Crippen LogP) is 0.712. The van der Waals surface area contributed by atoms with Crippen LogP contribution in [0, 0.1) is 13.8 Å². The number of esters is 1. The molecule has 0 atom stereocenters. The lowest BCUT2D eigenvalue weighted by molar-refractivity contribution is -0.892. The number of H-pyrrole nitrogens is 1. The molecule has 1 saturated heterocycles. The average molecular weight is 372 g/mol. The topological polar surface area (TPSA) is 87.1 Å². The number of anilines is 1. The summed E-state index contributed by atoms with van der Waals surface area (Å²) in [5.74, 6) is -0.148. The number of aryl methyl sites for hydroxylation is 1. The number of aromatic amines is 1. The monoisotopic (exact) mass is 372 g/mol. The summed E-state index contributed by atoms with van der Waals surface area (Å²) in [7, 11) is 1.34. The molecule has 1 aliphatic rings. The fraction of sp³-hybridized carbons (Fsp3) is 0.400. The second kappa shape index (κ2) is 7.84. The number of carbonyl (C=O) groups is 2. The number of aromatic nitrogens is 1. The van der Waals surface area contributed by atoms with Crippen molar-refractivity contribution in [3.05, 3.63) is 46.8 Å². The van der Waals surface area contributed by atoms with Gasteiger partial charge in [0, 0.05) is 11.4 Å². The number of carbonyl (C=O) groups excluding carboxylic acids is 2. The lowest BCUT2D eigenvalue weighted by atomic mass is 10.1. The van der Waals surface area contributed by atoms with E-state index in [0.29, 0.717) is 29.1 Å². The van der Waals surface area contributed by atoms with Crippen molar-refractivity contribution in [3.63, 3.8) is 0 Å². The predicted molar refractivity (Wildman–Crippen MR) is 102 cm³/mol. The number of ketones is 1. The molecule has 0 radical (unpaired) electrons. The van der Waals surface area contributed by atoms with E-state index >= 15 is 0 Å². The number of ether oxygens (including phenoxy) is 1. The van der Waals surface area contributed by atoms with Crippen LogP contribution >= 0.6 is 0 Å². The second-order valence-electron chi connectivity index (χ2n) is 6.97. The van der Waals surface area contributed by atoms with Gasteiger partial charge in [-0.15, -0.1) is 0 Å². The van der Waals surface area contributed by atoms with Gasteiger partial charge < -0.3 is 24.6 Å². The van der Waals surface area contributed by atoms with Gasteiger partial charge in [-0.25, -0.2) is 4.79 Å². The number of piperazine rings is 1. The first-order chi connectivity index (χ1) is 12.9. The molecule has 0 amide bonds. The quantitative estimate of drug-likeness (QED) is 0.532. The molecule has 144 valence electrons. The van der Waals surface area contributed by atoms with Crippen LogP contribution in [0.3, 0.4) is 0 Å². The molecule has 0 spiro atoms. The van der Waals surface area contributed by atoms with Crippen LogP contribution in [0.15, 0.2) is 24.3 Å². The van der Waals surface area contributed by atoms with E-state index in [1.165, 1.54) is 12.0 Å². The highest BCUT2D eigenvalue weighted by atomic mass is 16.5. The van der Waals surface area contributed by atoms with E-state index in [9.17, 15) is 14.7 Å². The Morgan fingerprint density at radius 2 is 1.81 bits per heavy atom. The number of phenols is 1. The van der Waals surface area contributed by atoms with Gasteiger partial charge in [-0.05, 0) is 43.7 Å². The van der Waals surface area contributed by atoms with Crippen LogP contribution in [0.4, 0.5) is 5.69 Å². The van der Waals surface area contributed by atoms with Crippen LogP contribution in [0.1, 0.15) is 32.1 Å². The smallest absolute Gasteiger partial charge is 0.339 e. The van der Waals surface area contributed by atoms with E-state index in [2.05, 4.69) is 9.88 Å². The highest BCUT2D eigenvalue weighted by Crippen LogP contribution is 2.20. The van der Waals surface area contributed by atoms with Crippen molar-refractivity contribution < 1.29 is 24.3 Å². The van der Waals surface area contributed by atoms with Crippen molar-refractivity contribution >= 4 is 17.4 Å². The molecule has 1 aliphatic heterocycles. The van der Waals surface area contributed by atoms with Gasteiger partial charge in [-0.1, -0.05) is 0 Å². The minimum atomic E-state index is -0.421. The molecule has 27 heavy (non-hydrogen) atoms. The van der Waals surface area contributed by atoms with Gasteiger partial charge in [-0.2, -0.15) is 0 Å². The van der Waals surface area contributed by atoms with E-state index in [0.717, 1.165) is 31.9 Å². The average Bonchev–Trinajstić information content (AvgIpc) is 2.97. The third-order valence-electron chi connectivity index (χ3n) is 5.20. The largest absolute Gasteiger partial charge is 0.508 e. The summed E-state index contributed by atoms with van der Waals surface area (Å²) < 4.78 is 4.81. The lowest BCUT2D eigenvalue weighted by Crippen LogP contribution is -3.15. The fourth-order valence-corrected chi connectivity index (χ4v) is 3.67. The second-order valence-corrected chi connectivity index (χ2v) is 6.97. The first-order valence-electron chi connectivity index (χ1n) is 9.09. The van der Waals surface area contributed by atoms with Gasteiger partial charge in [0.15, 0.2) is 0 Å². The summed E-state index contributed by atoms with van der Waals surface area (Å²) in [6.07, 6.45) is 0. The normalized spacial score (nSPS) is 15.0. The van der Waals surface area contributed by atoms with Crippen molar-refractivity contribution in [1.29, 1.82) is 0 Å². The number of rotatable bonds is 5. The molecule has 2 heterocycles. The highest BCUT2D eigenvalue weighted by Gasteiger charge is 2.27. The SMILES string of the molecule is COC(=O)c1c(C)[nH]c(C(=O)C[NH+]2CCN(c3ccc(O)cc3)CC2)c1C. The Labute approximate surface area is 158 Å². The van der Waals surface area contributed by atoms with E-state index < -0.39 is 5.97 Å². The molecule has 0 bridgehead atoms. The molecule has 3 rings (SSSR count). The fourth-order valence-electron chi connectivity index (χ4n) is 3.67. The maximum absolute atomic E-state index is 12.8. The number of phenolic OH excluding ortho intramolecular Hbond substituents is 1. The van der Waals surface area contributed by atoms with Gasteiger partial charge in [-0.3, -0.25) is 4.79 Å². The number of hydrogen-bond donors (Lipinski definition) is 3. The standard InChI is InChI=1S/C20H25N3O4/c1-13-18(20(26)27-3)14(2)21-19(13)17(25)12-22-8-10-23(11-9-22)15-4-6-16(24)7-5-15/h4-7,21,24H,8-12H2,1-3H3/p+1. The van der Waals surface area contributed by atoms with Gasteiger partial charge in [0.1, 0.15) is 12.3 Å². The maximum Gasteiger partial charge on any atom is 0.339 e. The Bertz CT molecular complexity index is 834. The number of nitrogens with one attached hydrogen (secondary N) is 2. The van der Waals surface area contributed by atoms with E-state index in [1.54, 1.807) is 26.0 Å². The molecule has 2 aromatic rings. The van der Waals surface area contributed by atoms with Crippen LogP contribution in [0.25, 0.3) is 0 Å². The number of methoxy groups -OCH3 is 1. The van der Waals surface area contributed by atoms with Crippen molar-refractivity contribution in [2.24, 2.45) is 0 Å². The molecule has 1 aromatic carbocycles. The van der Waals surface area contributed by atoms with Crippen LogP contribution < -0.4 is 9.80 Å². The molecule has 1 fully saturated rings. The number of quaternary nitrogens is 1. The van der Waals surface area contributed by atoms with E-state index in [1.807, 2.05) is 12.1 Å². The molecule has 7 heteroatoms. The summed E-state index contributed by atoms with van der Waals surface area (Å²) in [5.41, 5.74) is 3.35. The zero-order valence-corrected chi connectivity index (χ0v) is 16.0. The lowest BCUT2D eigenvalue weighted by Gasteiger charge is -2.33. The van der Waals surface area contributed by atoms with Crippen molar-refractivity contribution in [2.75, 3.05) is 44.7 Å². The van der Waals surface area contributed by atoms with E-state index in [4.69, 9.17) is 4.74 Å². The molecular weight excluding hydrogens is 346 g/mol. The zero-order chi connectivity index (χ0) is 19.6. The van der Waals surface area contributed by atoms with E-state index in [-0.39, 0.29) is 11.5 Å². The first kappa shape index (κ1) is 19.0. The Morgan fingerprint density at radius 1 is 1.19 bits per heavy atom. The zero-order valence-electron chi connectivity index (χ0n) is 16.0. The Morgan fingerprint density at radius 3 is 2.41 bits per heavy atom. The first-order valence-corrected chi connectivity index (χ1v) is 9.09. The Balaban J connectivity index is 1.61. The Hall–Kier alpha value is -2.80. The van der Waals surface area contributed by atoms with Crippen LogP contribution in [-0.4, -0.2) is 61.7 Å². The summed E-state index contributed by atoms with van der Waals surface area (Å²) >= 11 is 0. The third kappa shape index (κ3) is 3.98. The van der Waals surface area contributed by atoms with Gasteiger partial charge in [0.2, 0.25) is 5.78 Å². The summed E-state index contributed by atoms with van der Waals surface area (Å²) in [4.78, 5) is 31.2. The van der Waals surface area contributed by atoms with Crippen LogP contribution in [0.5, 0.6) is 5.75 Å². The maximum atomic E-state index is 12.8. The number of hydrogen-bond acceptors (Lipinski definition) is 5. The minimum absolute atomic E-state index is 0.0128. The van der Waals surface area contributed by atoms with Gasteiger partial charge >= 0.3 is 5.97 Å². The number of nitrogens with zero attached hydrogens (tertiary/aromatic N) is 1. The highest BCUT2D eigenvalue weighted by molar-refractivity contribution is 6.01. The van der Waals surface area contributed by atoms with Gasteiger partial charge in [0.25, 0.3) is 0 Å². The minimum Gasteiger partial charge on any atom is -0.508 e. The third-order valence-corrected chi connectivity index (χ3v) is 5.20. The summed E-state index contributed by atoms with van der Waals surface area (Å²) in [6.45, 7) is 7.36. The number of benzene rings is 1. The number of Topliss-reactive ketones (excluding diaryl/α,β-unsaturated/α-hetero) is 1. The molecule has 0 unspecified atom stereocenters.